The van der Waals surface area contributed by atoms with Gasteiger partial charge in [-0.15, -0.1) is 13.2 Å². The van der Waals surface area contributed by atoms with Crippen molar-refractivity contribution in [2.24, 2.45) is 11.0 Å². The standard InChI is InChI=1S/C14H15F3N2O3/c1-3-9-6-13(20)19(18-8-9)10-4-5-11(21-2)12(7-10)22-14(15,16)17/h4-5,7-9H,3,6H2,1-2H3. The van der Waals surface area contributed by atoms with Crippen LogP contribution in [0.5, 0.6) is 11.5 Å². The van der Waals surface area contributed by atoms with Crippen LogP contribution in [0.2, 0.25) is 0 Å². The van der Waals surface area contributed by atoms with Gasteiger partial charge in [-0.3, -0.25) is 4.79 Å². The van der Waals surface area contributed by atoms with Crippen LogP contribution in [-0.2, 0) is 4.79 Å². The molecule has 0 radical (unpaired) electrons. The van der Waals surface area contributed by atoms with Gasteiger partial charge in [-0.1, -0.05) is 6.92 Å². The van der Waals surface area contributed by atoms with E-state index in [9.17, 15) is 18.0 Å². The van der Waals surface area contributed by atoms with Crippen molar-refractivity contribution >= 4 is 17.8 Å². The zero-order valence-corrected chi connectivity index (χ0v) is 12.1. The number of rotatable bonds is 4. The summed E-state index contributed by atoms with van der Waals surface area (Å²) in [5.74, 6) is -0.834. The number of nitrogens with zero attached hydrogens (tertiary/aromatic N) is 2. The maximum atomic E-state index is 12.4. The van der Waals surface area contributed by atoms with Gasteiger partial charge in [0.15, 0.2) is 11.5 Å². The number of alkyl halides is 3. The zero-order chi connectivity index (χ0) is 16.3. The van der Waals surface area contributed by atoms with Gasteiger partial charge in [0, 0.05) is 24.6 Å². The molecule has 0 saturated heterocycles. The van der Waals surface area contributed by atoms with Crippen molar-refractivity contribution < 1.29 is 27.4 Å². The Bertz CT molecular complexity index is 587. The number of halogens is 3. The van der Waals surface area contributed by atoms with Crippen molar-refractivity contribution in [3.8, 4) is 11.5 Å². The highest BCUT2D eigenvalue weighted by Crippen LogP contribution is 2.36. The first-order valence-corrected chi connectivity index (χ1v) is 6.65. The van der Waals surface area contributed by atoms with Crippen LogP contribution in [0.1, 0.15) is 19.8 Å². The fourth-order valence-corrected chi connectivity index (χ4v) is 2.05. The summed E-state index contributed by atoms with van der Waals surface area (Å²) in [7, 11) is 1.23. The Balaban J connectivity index is 2.32. The van der Waals surface area contributed by atoms with E-state index in [-0.39, 0.29) is 29.7 Å². The third-order valence-electron chi connectivity index (χ3n) is 3.21. The number of methoxy groups -OCH3 is 1. The Hall–Kier alpha value is -2.25. The molecule has 1 aromatic carbocycles. The van der Waals surface area contributed by atoms with Crippen molar-refractivity contribution in [2.75, 3.05) is 12.1 Å². The summed E-state index contributed by atoms with van der Waals surface area (Å²) >= 11 is 0. The number of carbonyl (C=O) groups is 1. The lowest BCUT2D eigenvalue weighted by Crippen LogP contribution is -2.32. The van der Waals surface area contributed by atoms with Crippen molar-refractivity contribution in [2.45, 2.75) is 26.1 Å². The maximum Gasteiger partial charge on any atom is 0.573 e. The van der Waals surface area contributed by atoms with E-state index in [1.54, 1.807) is 6.21 Å². The Morgan fingerprint density at radius 1 is 1.36 bits per heavy atom. The van der Waals surface area contributed by atoms with Gasteiger partial charge in [-0.2, -0.15) is 5.10 Å². The van der Waals surface area contributed by atoms with Crippen LogP contribution in [-0.4, -0.2) is 25.6 Å². The number of carbonyl (C=O) groups excluding carboxylic acids is 1. The molecule has 1 heterocycles. The Labute approximate surface area is 125 Å². The lowest BCUT2D eigenvalue weighted by atomic mass is 10.0. The lowest BCUT2D eigenvalue weighted by Gasteiger charge is -2.24. The van der Waals surface area contributed by atoms with Crippen molar-refractivity contribution in [3.05, 3.63) is 18.2 Å². The second-order valence-electron chi connectivity index (χ2n) is 4.73. The van der Waals surface area contributed by atoms with E-state index < -0.39 is 12.1 Å². The second-order valence-corrected chi connectivity index (χ2v) is 4.73. The molecule has 1 aliphatic rings. The fourth-order valence-electron chi connectivity index (χ4n) is 2.05. The number of hydrazone groups is 1. The lowest BCUT2D eigenvalue weighted by molar-refractivity contribution is -0.275. The number of hydrogen-bond acceptors (Lipinski definition) is 4. The van der Waals surface area contributed by atoms with E-state index in [1.165, 1.54) is 19.2 Å². The summed E-state index contributed by atoms with van der Waals surface area (Å²) in [6.45, 7) is 1.93. The van der Waals surface area contributed by atoms with E-state index in [4.69, 9.17) is 4.74 Å². The van der Waals surface area contributed by atoms with Crippen molar-refractivity contribution in [1.29, 1.82) is 0 Å². The number of ether oxygens (including phenoxy) is 2. The summed E-state index contributed by atoms with van der Waals surface area (Å²) in [4.78, 5) is 12.0. The average molecular weight is 316 g/mol. The summed E-state index contributed by atoms with van der Waals surface area (Å²) in [5.41, 5.74) is 0.191. The summed E-state index contributed by atoms with van der Waals surface area (Å²) in [6, 6.07) is 3.82. The van der Waals surface area contributed by atoms with E-state index in [0.29, 0.717) is 0 Å². The molecule has 0 bridgehead atoms. The van der Waals surface area contributed by atoms with Crippen LogP contribution in [0.3, 0.4) is 0 Å². The third-order valence-corrected chi connectivity index (χ3v) is 3.21. The predicted molar refractivity (Wildman–Crippen MR) is 74.1 cm³/mol. The molecule has 0 saturated carbocycles. The highest BCUT2D eigenvalue weighted by Gasteiger charge is 2.33. The number of benzene rings is 1. The topological polar surface area (TPSA) is 51.1 Å². The first-order chi connectivity index (χ1) is 10.3. The molecule has 8 heteroatoms. The zero-order valence-electron chi connectivity index (χ0n) is 12.1. The Morgan fingerprint density at radius 3 is 2.64 bits per heavy atom. The SMILES string of the molecule is CCC1C=NN(c2ccc(OC)c(OC(F)(F)F)c2)C(=O)C1. The third kappa shape index (κ3) is 3.69. The van der Waals surface area contributed by atoms with Crippen LogP contribution in [0.15, 0.2) is 23.3 Å². The summed E-state index contributed by atoms with van der Waals surface area (Å²) in [5, 5.41) is 5.07. The molecule has 2 rings (SSSR count). The molecule has 0 fully saturated rings. The Kier molecular flexibility index (Phi) is 4.58. The number of hydrogen-bond donors (Lipinski definition) is 0. The average Bonchev–Trinajstić information content (AvgIpc) is 2.45. The molecule has 0 N–H and O–H groups in total. The van der Waals surface area contributed by atoms with Gasteiger partial charge < -0.3 is 9.47 Å². The van der Waals surface area contributed by atoms with Gasteiger partial charge >= 0.3 is 6.36 Å². The van der Waals surface area contributed by atoms with E-state index in [0.717, 1.165) is 17.5 Å². The largest absolute Gasteiger partial charge is 0.573 e. The smallest absolute Gasteiger partial charge is 0.493 e. The predicted octanol–water partition coefficient (Wildman–Crippen LogP) is 3.34. The highest BCUT2D eigenvalue weighted by molar-refractivity contribution is 5.97. The summed E-state index contributed by atoms with van der Waals surface area (Å²) < 4.78 is 46.0. The summed E-state index contributed by atoms with van der Waals surface area (Å²) in [6.07, 6.45) is -2.19. The van der Waals surface area contributed by atoms with Crippen LogP contribution >= 0.6 is 0 Å². The minimum atomic E-state index is -4.85. The minimum Gasteiger partial charge on any atom is -0.493 e. The van der Waals surface area contributed by atoms with E-state index in [2.05, 4.69) is 9.84 Å². The van der Waals surface area contributed by atoms with Crippen molar-refractivity contribution in [1.82, 2.24) is 0 Å². The second kappa shape index (κ2) is 6.25. The van der Waals surface area contributed by atoms with Gasteiger partial charge in [0.25, 0.3) is 0 Å². The molecular weight excluding hydrogens is 301 g/mol. The van der Waals surface area contributed by atoms with E-state index in [1.807, 2.05) is 6.92 Å². The quantitative estimate of drug-likeness (QED) is 0.856. The molecule has 0 aliphatic carbocycles. The van der Waals surface area contributed by atoms with Crippen LogP contribution in [0.25, 0.3) is 0 Å². The molecule has 5 nitrogen and oxygen atoms in total. The minimum absolute atomic E-state index is 0.0490. The normalized spacial score (nSPS) is 18.5. The first kappa shape index (κ1) is 16.1. The molecule has 22 heavy (non-hydrogen) atoms. The molecule has 1 amide bonds. The van der Waals surface area contributed by atoms with Gasteiger partial charge in [0.1, 0.15) is 0 Å². The monoisotopic (exact) mass is 316 g/mol. The molecule has 1 aliphatic heterocycles. The van der Waals surface area contributed by atoms with Gasteiger partial charge in [-0.05, 0) is 18.6 Å². The van der Waals surface area contributed by atoms with Crippen LogP contribution in [0.4, 0.5) is 18.9 Å². The van der Waals surface area contributed by atoms with Crippen LogP contribution < -0.4 is 14.5 Å². The first-order valence-electron chi connectivity index (χ1n) is 6.65. The van der Waals surface area contributed by atoms with Gasteiger partial charge in [0.2, 0.25) is 5.91 Å². The fraction of sp³-hybridized carbons (Fsp3) is 0.429. The number of amides is 1. The van der Waals surface area contributed by atoms with E-state index >= 15 is 0 Å². The molecule has 1 aromatic rings. The molecular formula is C14H15F3N2O3. The molecule has 1 atom stereocenters. The number of anilines is 1. The van der Waals surface area contributed by atoms with Gasteiger partial charge in [-0.25, -0.2) is 5.01 Å². The van der Waals surface area contributed by atoms with Crippen LogP contribution in [0, 0.1) is 5.92 Å². The maximum absolute atomic E-state index is 12.4. The molecule has 0 aromatic heterocycles. The molecule has 0 spiro atoms. The van der Waals surface area contributed by atoms with Crippen molar-refractivity contribution in [3.63, 3.8) is 0 Å². The molecule has 120 valence electrons. The highest BCUT2D eigenvalue weighted by atomic mass is 19.4. The van der Waals surface area contributed by atoms with Gasteiger partial charge in [0.05, 0.1) is 12.8 Å². The molecule has 1 unspecified atom stereocenters. The Morgan fingerprint density at radius 2 is 2.09 bits per heavy atom.